The predicted octanol–water partition coefficient (Wildman–Crippen LogP) is 3.58. The minimum Gasteiger partial charge on any atom is -0.496 e. The summed E-state index contributed by atoms with van der Waals surface area (Å²) in [6.07, 6.45) is 0. The maximum atomic E-state index is 6.34. The summed E-state index contributed by atoms with van der Waals surface area (Å²) in [4.78, 5) is 1.01. The zero-order valence-corrected chi connectivity index (χ0v) is 12.7. The average molecular weight is 297 g/mol. The van der Waals surface area contributed by atoms with Gasteiger partial charge in [0, 0.05) is 10.4 Å². The number of benzene rings is 1. The smallest absolute Gasteiger partial charge is 0.124 e. The van der Waals surface area contributed by atoms with Crippen molar-refractivity contribution >= 4 is 22.9 Å². The molecule has 0 aliphatic heterocycles. The van der Waals surface area contributed by atoms with Gasteiger partial charge in [-0.3, -0.25) is 5.84 Å². The van der Waals surface area contributed by atoms with Crippen molar-refractivity contribution < 1.29 is 4.74 Å². The molecule has 3 nitrogen and oxygen atoms in total. The summed E-state index contributed by atoms with van der Waals surface area (Å²) in [5.74, 6) is 6.53. The molecule has 0 radical (unpaired) electrons. The minimum atomic E-state index is -0.166. The number of methoxy groups -OCH3 is 1. The fraction of sp³-hybridized carbons (Fsp3) is 0.286. The molecule has 102 valence electrons. The van der Waals surface area contributed by atoms with E-state index < -0.39 is 0 Å². The monoisotopic (exact) mass is 296 g/mol. The second-order valence-electron chi connectivity index (χ2n) is 4.44. The Labute approximate surface area is 122 Å². The normalized spacial score (nSPS) is 12.5. The highest BCUT2D eigenvalue weighted by Crippen LogP contribution is 2.38. The number of nitrogens with two attached hydrogens (primary N) is 1. The summed E-state index contributed by atoms with van der Waals surface area (Å²) in [7, 11) is 1.66. The van der Waals surface area contributed by atoms with Gasteiger partial charge in [0.15, 0.2) is 0 Å². The number of nitrogens with one attached hydrogen (secondary N) is 1. The van der Waals surface area contributed by atoms with Gasteiger partial charge in [-0.25, -0.2) is 5.43 Å². The van der Waals surface area contributed by atoms with Crippen LogP contribution in [0.4, 0.5) is 0 Å². The summed E-state index contributed by atoms with van der Waals surface area (Å²) in [5, 5.41) is 2.79. The Hall–Kier alpha value is -1.07. The number of halogens is 1. The summed E-state index contributed by atoms with van der Waals surface area (Å²) >= 11 is 7.94. The molecule has 2 rings (SSSR count). The van der Waals surface area contributed by atoms with Gasteiger partial charge in [0.2, 0.25) is 0 Å². The summed E-state index contributed by atoms with van der Waals surface area (Å²) in [6.45, 7) is 4.03. The van der Waals surface area contributed by atoms with Crippen LogP contribution in [0.15, 0.2) is 23.6 Å². The van der Waals surface area contributed by atoms with E-state index in [-0.39, 0.29) is 6.04 Å². The third kappa shape index (κ3) is 2.77. The first kappa shape index (κ1) is 14.3. The van der Waals surface area contributed by atoms with Crippen LogP contribution in [0.1, 0.15) is 27.6 Å². The van der Waals surface area contributed by atoms with Gasteiger partial charge in [-0.2, -0.15) is 0 Å². The van der Waals surface area contributed by atoms with Crippen LogP contribution in [-0.2, 0) is 0 Å². The first-order valence-corrected chi connectivity index (χ1v) is 7.18. The quantitative estimate of drug-likeness (QED) is 0.670. The molecule has 19 heavy (non-hydrogen) atoms. The van der Waals surface area contributed by atoms with Gasteiger partial charge >= 0.3 is 0 Å². The highest BCUT2D eigenvalue weighted by molar-refractivity contribution is 7.10. The number of thiophene rings is 1. The Morgan fingerprint density at radius 1 is 1.37 bits per heavy atom. The molecule has 0 amide bonds. The van der Waals surface area contributed by atoms with Crippen LogP contribution >= 0.6 is 22.9 Å². The van der Waals surface area contributed by atoms with E-state index in [1.807, 2.05) is 31.4 Å². The van der Waals surface area contributed by atoms with Crippen LogP contribution in [0.3, 0.4) is 0 Å². The summed E-state index contributed by atoms with van der Waals surface area (Å²) < 4.78 is 5.42. The van der Waals surface area contributed by atoms with Crippen LogP contribution in [-0.4, -0.2) is 7.11 Å². The minimum absolute atomic E-state index is 0.166. The molecule has 3 N–H and O–H groups in total. The largest absolute Gasteiger partial charge is 0.496 e. The van der Waals surface area contributed by atoms with E-state index in [1.165, 1.54) is 0 Å². The van der Waals surface area contributed by atoms with Crippen LogP contribution in [0.5, 0.6) is 5.75 Å². The molecule has 1 heterocycles. The average Bonchev–Trinajstić information content (AvgIpc) is 2.72. The topological polar surface area (TPSA) is 47.3 Å². The Kier molecular flexibility index (Phi) is 4.47. The van der Waals surface area contributed by atoms with Gasteiger partial charge in [-0.05, 0) is 30.9 Å². The second-order valence-corrected chi connectivity index (χ2v) is 5.73. The molecule has 0 saturated carbocycles. The second kappa shape index (κ2) is 5.92. The maximum absolute atomic E-state index is 6.34. The lowest BCUT2D eigenvalue weighted by Gasteiger charge is -2.19. The Morgan fingerprint density at radius 2 is 2.11 bits per heavy atom. The van der Waals surface area contributed by atoms with Crippen molar-refractivity contribution in [3.05, 3.63) is 50.2 Å². The van der Waals surface area contributed by atoms with Gasteiger partial charge in [-0.15, -0.1) is 11.3 Å². The van der Waals surface area contributed by atoms with Gasteiger partial charge in [0.25, 0.3) is 0 Å². The molecule has 0 saturated heterocycles. The molecule has 0 spiro atoms. The molecule has 1 aromatic carbocycles. The highest BCUT2D eigenvalue weighted by atomic mass is 35.5. The van der Waals surface area contributed by atoms with E-state index in [2.05, 4.69) is 11.5 Å². The van der Waals surface area contributed by atoms with E-state index >= 15 is 0 Å². The fourth-order valence-corrected chi connectivity index (χ4v) is 3.41. The van der Waals surface area contributed by atoms with Gasteiger partial charge in [0.05, 0.1) is 18.2 Å². The van der Waals surface area contributed by atoms with Crippen molar-refractivity contribution in [2.45, 2.75) is 19.9 Å². The van der Waals surface area contributed by atoms with E-state index in [0.29, 0.717) is 0 Å². The maximum Gasteiger partial charge on any atom is 0.124 e. The molecular weight excluding hydrogens is 280 g/mol. The molecule has 2 aromatic rings. The van der Waals surface area contributed by atoms with Crippen molar-refractivity contribution in [2.75, 3.05) is 7.11 Å². The Bertz CT molecular complexity index is 583. The summed E-state index contributed by atoms with van der Waals surface area (Å²) in [6, 6.07) is 5.86. The van der Waals surface area contributed by atoms with Gasteiger partial charge < -0.3 is 4.74 Å². The number of hydrazine groups is 1. The first-order chi connectivity index (χ1) is 9.08. The molecule has 1 atom stereocenters. The number of ether oxygens (including phenoxy) is 1. The third-order valence-corrected chi connectivity index (χ3v) is 4.83. The Morgan fingerprint density at radius 3 is 2.63 bits per heavy atom. The third-order valence-electron chi connectivity index (χ3n) is 3.05. The first-order valence-electron chi connectivity index (χ1n) is 5.92. The van der Waals surface area contributed by atoms with Crippen LogP contribution in [0, 0.1) is 13.8 Å². The standard InChI is InChI=1S/C14H17ClN2OS/c1-8-4-5-11(18-3)10(6-8)13(17-16)14-12(15)9(2)7-19-14/h4-7,13,17H,16H2,1-3H3. The predicted molar refractivity (Wildman–Crippen MR) is 81.0 cm³/mol. The van der Waals surface area contributed by atoms with Crippen molar-refractivity contribution in [1.82, 2.24) is 5.43 Å². The number of hydrogen-bond acceptors (Lipinski definition) is 4. The molecule has 1 unspecified atom stereocenters. The summed E-state index contributed by atoms with van der Waals surface area (Å²) in [5.41, 5.74) is 6.05. The van der Waals surface area contributed by atoms with Gasteiger partial charge in [-0.1, -0.05) is 29.3 Å². The van der Waals surface area contributed by atoms with Crippen molar-refractivity contribution in [3.8, 4) is 5.75 Å². The van der Waals surface area contributed by atoms with Gasteiger partial charge in [0.1, 0.15) is 5.75 Å². The molecule has 0 aliphatic carbocycles. The van der Waals surface area contributed by atoms with Crippen molar-refractivity contribution in [1.29, 1.82) is 0 Å². The van der Waals surface area contributed by atoms with E-state index in [1.54, 1.807) is 18.4 Å². The number of hydrogen-bond donors (Lipinski definition) is 2. The number of aryl methyl sites for hydroxylation is 2. The lowest BCUT2D eigenvalue weighted by molar-refractivity contribution is 0.404. The lowest BCUT2D eigenvalue weighted by atomic mass is 10.0. The fourth-order valence-electron chi connectivity index (χ4n) is 2.03. The Balaban J connectivity index is 2.53. The lowest BCUT2D eigenvalue weighted by Crippen LogP contribution is -2.28. The molecule has 0 bridgehead atoms. The van der Waals surface area contributed by atoms with Crippen molar-refractivity contribution in [2.24, 2.45) is 5.84 Å². The molecule has 0 aliphatic rings. The van der Waals surface area contributed by atoms with Crippen LogP contribution in [0.25, 0.3) is 0 Å². The van der Waals surface area contributed by atoms with E-state index in [4.69, 9.17) is 22.2 Å². The zero-order valence-electron chi connectivity index (χ0n) is 11.2. The van der Waals surface area contributed by atoms with E-state index in [0.717, 1.165) is 32.3 Å². The number of rotatable bonds is 4. The molecule has 0 fully saturated rings. The van der Waals surface area contributed by atoms with E-state index in [9.17, 15) is 0 Å². The van der Waals surface area contributed by atoms with Crippen molar-refractivity contribution in [3.63, 3.8) is 0 Å². The molecule has 1 aromatic heterocycles. The SMILES string of the molecule is COc1ccc(C)cc1C(NN)c1scc(C)c1Cl. The molecule has 5 heteroatoms. The highest BCUT2D eigenvalue weighted by Gasteiger charge is 2.22. The van der Waals surface area contributed by atoms with Crippen LogP contribution < -0.4 is 16.0 Å². The molecular formula is C14H17ClN2OS. The van der Waals surface area contributed by atoms with Crippen LogP contribution in [0.2, 0.25) is 5.02 Å². The zero-order chi connectivity index (χ0) is 14.0.